The molecule has 0 unspecified atom stereocenters. The first kappa shape index (κ1) is 17.2. The van der Waals surface area contributed by atoms with Gasteiger partial charge in [0.2, 0.25) is 0 Å². The first-order valence-corrected chi connectivity index (χ1v) is 3.89. The fraction of sp³-hybridized carbons (Fsp3) is 0.875. The molecule has 2 heteroatoms. The van der Waals surface area contributed by atoms with E-state index in [9.17, 15) is 0 Å². The minimum Gasteiger partial charge on any atom is -0.333 e. The molecule has 61 valence electrons. The minimum absolute atomic E-state index is 0. The molecule has 0 aliphatic heterocycles. The van der Waals surface area contributed by atoms with Crippen molar-refractivity contribution in [1.29, 1.82) is 0 Å². The van der Waals surface area contributed by atoms with Gasteiger partial charge in [0.05, 0.1) is 0 Å². The van der Waals surface area contributed by atoms with Crippen molar-refractivity contribution < 1.29 is 32.7 Å². The van der Waals surface area contributed by atoms with E-state index in [0.717, 1.165) is 0 Å². The van der Waals surface area contributed by atoms with Crippen molar-refractivity contribution in [2.24, 2.45) is 5.73 Å². The molecule has 0 heterocycles. The van der Waals surface area contributed by atoms with Gasteiger partial charge in [-0.2, -0.15) is 12.8 Å². The van der Waals surface area contributed by atoms with E-state index in [-0.39, 0.29) is 32.7 Å². The van der Waals surface area contributed by atoms with E-state index in [1.165, 1.54) is 32.7 Å². The molecule has 1 rings (SSSR count). The maximum absolute atomic E-state index is 4.50. The number of nitrogens with two attached hydrogens (primary N) is 1. The van der Waals surface area contributed by atoms with Crippen LogP contribution in [0.4, 0.5) is 0 Å². The van der Waals surface area contributed by atoms with E-state index in [1.54, 1.807) is 0 Å². The van der Waals surface area contributed by atoms with Crippen LogP contribution in [0.25, 0.3) is 0 Å². The molecule has 1 aliphatic carbocycles. The van der Waals surface area contributed by atoms with Crippen molar-refractivity contribution in [3.63, 3.8) is 0 Å². The Balaban J connectivity index is -0.0000000875. The Hall–Kier alpha value is 1.06. The monoisotopic (exact) mass is 219 g/mol. The minimum atomic E-state index is 0. The zero-order valence-electron chi connectivity index (χ0n) is 7.56. The zero-order chi connectivity index (χ0) is 7.54. The summed E-state index contributed by atoms with van der Waals surface area (Å²) < 4.78 is 0. The van der Waals surface area contributed by atoms with Crippen molar-refractivity contribution in [2.45, 2.75) is 39.5 Å². The predicted molar refractivity (Wildman–Crippen MR) is 44.2 cm³/mol. The molecule has 1 saturated carbocycles. The largest absolute Gasteiger partial charge is 0.333 e. The molecular weight excluding hydrogens is 199 g/mol. The molecule has 1 fully saturated rings. The van der Waals surface area contributed by atoms with Gasteiger partial charge in [0.15, 0.2) is 0 Å². The van der Waals surface area contributed by atoms with E-state index in [2.05, 4.69) is 12.2 Å². The van der Waals surface area contributed by atoms with Crippen molar-refractivity contribution in [1.82, 2.24) is 0 Å². The van der Waals surface area contributed by atoms with Gasteiger partial charge in [-0.25, -0.2) is 0 Å². The van der Waals surface area contributed by atoms with Crippen LogP contribution in [0.5, 0.6) is 0 Å². The summed E-state index contributed by atoms with van der Waals surface area (Å²) in [6, 6.07) is 0. The standard InChI is InChI=1S/C5H9.C2H6.CH5N.Y/c1-2-4-5-3-1;2*1-2;/h1H,2-5H2;1-2H3;2H2,1H3;/q-1;;;. The van der Waals surface area contributed by atoms with Crippen LogP contribution in [0.2, 0.25) is 0 Å². The van der Waals surface area contributed by atoms with Gasteiger partial charge < -0.3 is 12.2 Å². The van der Waals surface area contributed by atoms with Gasteiger partial charge in [-0.3, -0.25) is 0 Å². The summed E-state index contributed by atoms with van der Waals surface area (Å²) in [5, 5.41) is 0. The Morgan fingerprint density at radius 2 is 1.30 bits per heavy atom. The van der Waals surface area contributed by atoms with Gasteiger partial charge in [-0.15, -0.1) is 0 Å². The molecule has 0 atom stereocenters. The maximum atomic E-state index is 4.50. The number of hydrogen-bond donors (Lipinski definition) is 1. The Morgan fingerprint density at radius 3 is 1.40 bits per heavy atom. The quantitative estimate of drug-likeness (QED) is 0.622. The molecule has 1 radical (unpaired) electrons. The van der Waals surface area contributed by atoms with E-state index < -0.39 is 0 Å². The van der Waals surface area contributed by atoms with Crippen LogP contribution < -0.4 is 5.73 Å². The van der Waals surface area contributed by atoms with Gasteiger partial charge in [0.1, 0.15) is 0 Å². The fourth-order valence-corrected chi connectivity index (χ4v) is 0.722. The maximum Gasteiger partial charge on any atom is 0 e. The smallest absolute Gasteiger partial charge is 0 e. The zero-order valence-corrected chi connectivity index (χ0v) is 10.4. The molecule has 1 nitrogen and oxygen atoms in total. The molecule has 10 heavy (non-hydrogen) atoms. The Morgan fingerprint density at radius 1 is 1.00 bits per heavy atom. The van der Waals surface area contributed by atoms with Crippen LogP contribution in [0.15, 0.2) is 0 Å². The molecule has 0 amide bonds. The second kappa shape index (κ2) is 22.5. The van der Waals surface area contributed by atoms with Gasteiger partial charge in [0.25, 0.3) is 0 Å². The Kier molecular flexibility index (Phi) is 38.7. The summed E-state index contributed by atoms with van der Waals surface area (Å²) >= 11 is 0. The Bertz CT molecular complexity index is 20.8. The van der Waals surface area contributed by atoms with Crippen molar-refractivity contribution in [2.75, 3.05) is 7.05 Å². The molecule has 0 saturated heterocycles. The first-order valence-electron chi connectivity index (χ1n) is 3.89. The average molecular weight is 219 g/mol. The van der Waals surface area contributed by atoms with Gasteiger partial charge in [-0.05, 0) is 7.05 Å². The number of rotatable bonds is 0. The van der Waals surface area contributed by atoms with Crippen molar-refractivity contribution >= 4 is 0 Å². The molecule has 0 aromatic carbocycles. The van der Waals surface area contributed by atoms with Crippen LogP contribution in [0, 0.1) is 6.42 Å². The fourth-order valence-electron chi connectivity index (χ4n) is 0.722. The van der Waals surface area contributed by atoms with Gasteiger partial charge in [0, 0.05) is 32.7 Å². The summed E-state index contributed by atoms with van der Waals surface area (Å²) in [6.45, 7) is 4.00. The molecule has 0 spiro atoms. The van der Waals surface area contributed by atoms with E-state index in [4.69, 9.17) is 0 Å². The molecular formula is C8H20NY-. The number of hydrogen-bond acceptors (Lipinski definition) is 1. The van der Waals surface area contributed by atoms with E-state index >= 15 is 0 Å². The molecule has 0 aromatic heterocycles. The SMILES string of the molecule is CC.CN.[CH-]1CCCC1.[Y]. The van der Waals surface area contributed by atoms with Crippen LogP contribution in [0.3, 0.4) is 0 Å². The second-order valence-electron chi connectivity index (χ2n) is 1.57. The van der Waals surface area contributed by atoms with Crippen LogP contribution in [-0.4, -0.2) is 7.05 Å². The summed E-state index contributed by atoms with van der Waals surface area (Å²) in [5.41, 5.74) is 4.50. The van der Waals surface area contributed by atoms with Crippen LogP contribution >= 0.6 is 0 Å². The summed E-state index contributed by atoms with van der Waals surface area (Å²) in [6.07, 6.45) is 8.00. The van der Waals surface area contributed by atoms with Crippen molar-refractivity contribution in [3.8, 4) is 0 Å². The third-order valence-electron chi connectivity index (χ3n) is 1.07. The summed E-state index contributed by atoms with van der Waals surface area (Å²) in [7, 11) is 1.50. The summed E-state index contributed by atoms with van der Waals surface area (Å²) in [5.74, 6) is 0. The van der Waals surface area contributed by atoms with Gasteiger partial charge in [-0.1, -0.05) is 26.7 Å². The molecule has 0 bridgehead atoms. The normalized spacial score (nSPS) is 13.2. The van der Waals surface area contributed by atoms with E-state index in [0.29, 0.717) is 0 Å². The predicted octanol–water partition coefficient (Wildman–Crippen LogP) is 2.36. The molecule has 2 N–H and O–H groups in total. The Labute approximate surface area is 91.0 Å². The first-order chi connectivity index (χ1) is 4.50. The average Bonchev–Trinajstić information content (AvgIpc) is 2.51. The third kappa shape index (κ3) is 16.0. The second-order valence-corrected chi connectivity index (χ2v) is 1.57. The third-order valence-corrected chi connectivity index (χ3v) is 1.07. The summed E-state index contributed by atoms with van der Waals surface area (Å²) in [4.78, 5) is 0. The van der Waals surface area contributed by atoms with Gasteiger partial charge >= 0.3 is 0 Å². The molecule has 0 aromatic rings. The van der Waals surface area contributed by atoms with E-state index in [1.807, 2.05) is 13.8 Å². The van der Waals surface area contributed by atoms with Crippen LogP contribution in [-0.2, 0) is 32.7 Å². The molecule has 1 aliphatic rings. The van der Waals surface area contributed by atoms with Crippen molar-refractivity contribution in [3.05, 3.63) is 6.42 Å². The topological polar surface area (TPSA) is 26.0 Å². The van der Waals surface area contributed by atoms with Crippen LogP contribution in [0.1, 0.15) is 39.5 Å².